The van der Waals surface area contributed by atoms with Gasteiger partial charge in [-0.25, -0.2) is 9.37 Å². The Hall–Kier alpha value is -1.14. The van der Waals surface area contributed by atoms with Crippen LogP contribution in [0, 0.1) is 5.82 Å². The summed E-state index contributed by atoms with van der Waals surface area (Å²) in [6.07, 6.45) is 2.06. The molecule has 0 bridgehead atoms. The monoisotopic (exact) mass is 359 g/mol. The predicted molar refractivity (Wildman–Crippen MR) is 78.1 cm³/mol. The van der Waals surface area contributed by atoms with Crippen LogP contribution in [0.2, 0.25) is 0 Å². The van der Waals surface area contributed by atoms with Gasteiger partial charge in [-0.1, -0.05) is 0 Å². The van der Waals surface area contributed by atoms with Crippen LogP contribution in [-0.4, -0.2) is 21.5 Å². The second-order valence-corrected chi connectivity index (χ2v) is 5.97. The quantitative estimate of drug-likeness (QED) is 0.852. The van der Waals surface area contributed by atoms with Gasteiger partial charge in [0.15, 0.2) is 0 Å². The molecule has 1 heterocycles. The first-order chi connectivity index (χ1) is 9.58. The highest BCUT2D eigenvalue weighted by atomic mass is 79.9. The summed E-state index contributed by atoms with van der Waals surface area (Å²) in [4.78, 5) is 16.3. The average molecular weight is 361 g/mol. The summed E-state index contributed by atoms with van der Waals surface area (Å²) in [5.41, 5.74) is 1.19. The number of rotatable bonds is 4. The lowest BCUT2D eigenvalue weighted by Crippen LogP contribution is -2.29. The summed E-state index contributed by atoms with van der Waals surface area (Å²) in [6, 6.07) is 3.26. The van der Waals surface area contributed by atoms with Gasteiger partial charge in [-0.3, -0.25) is 4.79 Å². The van der Waals surface area contributed by atoms with E-state index in [0.717, 1.165) is 12.8 Å². The highest BCUT2D eigenvalue weighted by Gasteiger charge is 2.24. The lowest BCUT2D eigenvalue weighted by molar-refractivity contribution is -0.121. The maximum atomic E-state index is 13.7. The van der Waals surface area contributed by atoms with E-state index in [1.165, 1.54) is 6.07 Å². The lowest BCUT2D eigenvalue weighted by atomic mass is 10.3. The fourth-order valence-corrected chi connectivity index (χ4v) is 2.63. The zero-order valence-corrected chi connectivity index (χ0v) is 12.8. The summed E-state index contributed by atoms with van der Waals surface area (Å²) in [6.45, 7) is 0.107. The summed E-state index contributed by atoms with van der Waals surface area (Å²) >= 11 is 8.99. The second-order valence-electron chi connectivity index (χ2n) is 4.84. The molecular weight excluding hydrogens is 349 g/mol. The minimum absolute atomic E-state index is 0.0958. The first-order valence-corrected chi connectivity index (χ1v) is 7.60. The number of fused-ring (bicyclic) bond motifs is 1. The number of carbonyl (C=O) groups is 1. The van der Waals surface area contributed by atoms with Gasteiger partial charge < -0.3 is 9.88 Å². The van der Waals surface area contributed by atoms with Gasteiger partial charge in [0.2, 0.25) is 5.91 Å². The predicted octanol–water partition coefficient (Wildman–Crippen LogP) is 2.96. The van der Waals surface area contributed by atoms with E-state index in [2.05, 4.69) is 26.2 Å². The van der Waals surface area contributed by atoms with Crippen LogP contribution in [0.15, 0.2) is 16.6 Å². The number of benzene rings is 1. The molecule has 1 aromatic carbocycles. The van der Waals surface area contributed by atoms with Gasteiger partial charge >= 0.3 is 0 Å². The number of aromatic nitrogens is 2. The van der Waals surface area contributed by atoms with E-state index >= 15 is 0 Å². The van der Waals surface area contributed by atoms with E-state index in [1.807, 2.05) is 0 Å². The molecule has 0 saturated heterocycles. The lowest BCUT2D eigenvalue weighted by Gasteiger charge is -2.08. The van der Waals surface area contributed by atoms with E-state index in [4.69, 9.17) is 11.6 Å². The average Bonchev–Trinajstić information content (AvgIpc) is 3.15. The first-order valence-electron chi connectivity index (χ1n) is 6.28. The van der Waals surface area contributed by atoms with E-state index in [9.17, 15) is 9.18 Å². The topological polar surface area (TPSA) is 46.9 Å². The Balaban J connectivity index is 1.98. The zero-order valence-electron chi connectivity index (χ0n) is 10.5. The molecule has 0 atom stereocenters. The number of hydrogen-bond donors (Lipinski definition) is 1. The molecule has 0 spiro atoms. The van der Waals surface area contributed by atoms with Crippen LogP contribution in [-0.2, 0) is 17.2 Å². The third kappa shape index (κ3) is 2.67. The molecular formula is C13H12BrClFN3O. The molecule has 20 heavy (non-hydrogen) atoms. The number of hydrogen-bond acceptors (Lipinski definition) is 2. The molecule has 1 amide bonds. The third-order valence-corrected chi connectivity index (χ3v) is 4.08. The van der Waals surface area contributed by atoms with E-state index in [0.29, 0.717) is 27.4 Å². The van der Waals surface area contributed by atoms with Crippen LogP contribution in [0.5, 0.6) is 0 Å². The van der Waals surface area contributed by atoms with E-state index in [1.54, 1.807) is 10.6 Å². The number of amides is 1. The van der Waals surface area contributed by atoms with Gasteiger partial charge in [-0.15, -0.1) is 11.6 Å². The summed E-state index contributed by atoms with van der Waals surface area (Å²) in [5, 5.41) is 2.90. The Kier molecular flexibility index (Phi) is 3.69. The molecule has 1 fully saturated rings. The Morgan fingerprint density at radius 3 is 2.95 bits per heavy atom. The Labute approximate surface area is 128 Å². The minimum atomic E-state index is -0.387. The van der Waals surface area contributed by atoms with Crippen molar-refractivity contribution < 1.29 is 9.18 Å². The van der Waals surface area contributed by atoms with E-state index < -0.39 is 0 Å². The minimum Gasteiger partial charge on any atom is -0.352 e. The van der Waals surface area contributed by atoms with Crippen LogP contribution >= 0.6 is 27.5 Å². The number of carbonyl (C=O) groups excluding carboxylic acids is 1. The fourth-order valence-electron chi connectivity index (χ4n) is 2.09. The van der Waals surface area contributed by atoms with Crippen LogP contribution in [0.3, 0.4) is 0 Å². The van der Waals surface area contributed by atoms with Crippen molar-refractivity contribution in [2.45, 2.75) is 31.3 Å². The number of imidazole rings is 1. The van der Waals surface area contributed by atoms with Gasteiger partial charge in [0.25, 0.3) is 0 Å². The van der Waals surface area contributed by atoms with Crippen molar-refractivity contribution in [3.8, 4) is 0 Å². The normalized spacial score (nSPS) is 14.8. The van der Waals surface area contributed by atoms with Crippen LogP contribution in [0.4, 0.5) is 4.39 Å². The molecule has 1 saturated carbocycles. The van der Waals surface area contributed by atoms with Crippen molar-refractivity contribution in [3.05, 3.63) is 28.2 Å². The van der Waals surface area contributed by atoms with Crippen molar-refractivity contribution >= 4 is 44.5 Å². The van der Waals surface area contributed by atoms with Gasteiger partial charge in [0, 0.05) is 12.1 Å². The Morgan fingerprint density at radius 2 is 2.30 bits per heavy atom. The van der Waals surface area contributed by atoms with Gasteiger partial charge in [0.05, 0.1) is 21.4 Å². The number of alkyl halides is 1. The Morgan fingerprint density at radius 1 is 1.55 bits per heavy atom. The first kappa shape index (κ1) is 13.8. The Bertz CT molecular complexity index is 684. The highest BCUT2D eigenvalue weighted by molar-refractivity contribution is 9.10. The van der Waals surface area contributed by atoms with Crippen molar-refractivity contribution in [2.24, 2.45) is 0 Å². The molecule has 0 unspecified atom stereocenters. The SMILES string of the molecule is O=C(Cn1c(CCl)nc2cc(Br)c(F)cc21)NC1CC1. The maximum Gasteiger partial charge on any atom is 0.240 e. The highest BCUT2D eigenvalue weighted by Crippen LogP contribution is 2.25. The summed E-state index contributed by atoms with van der Waals surface area (Å²) in [7, 11) is 0. The number of nitrogens with zero attached hydrogens (tertiary/aromatic N) is 2. The molecule has 0 radical (unpaired) electrons. The molecule has 4 nitrogen and oxygen atoms in total. The second kappa shape index (κ2) is 5.33. The molecule has 1 aliphatic rings. The molecule has 2 aromatic rings. The fraction of sp³-hybridized carbons (Fsp3) is 0.385. The van der Waals surface area contributed by atoms with Crippen LogP contribution < -0.4 is 5.32 Å². The van der Waals surface area contributed by atoms with Gasteiger partial charge in [-0.2, -0.15) is 0 Å². The molecule has 106 valence electrons. The summed E-state index contributed by atoms with van der Waals surface area (Å²) in [5.74, 6) is 0.249. The zero-order chi connectivity index (χ0) is 14.3. The molecule has 1 N–H and O–H groups in total. The number of nitrogens with one attached hydrogen (secondary N) is 1. The smallest absolute Gasteiger partial charge is 0.240 e. The van der Waals surface area contributed by atoms with Crippen molar-refractivity contribution in [1.29, 1.82) is 0 Å². The van der Waals surface area contributed by atoms with Gasteiger partial charge in [-0.05, 0) is 34.8 Å². The maximum absolute atomic E-state index is 13.7. The third-order valence-electron chi connectivity index (χ3n) is 3.23. The molecule has 1 aromatic heterocycles. The largest absolute Gasteiger partial charge is 0.352 e. The number of halogens is 3. The standard InChI is InChI=1S/C13H12BrClFN3O/c14-8-3-10-11(4-9(8)16)19(12(5-15)18-10)6-13(20)17-7-1-2-7/h3-4,7H,1-2,5-6H2,(H,17,20). The molecule has 1 aliphatic carbocycles. The summed E-state index contributed by atoms with van der Waals surface area (Å²) < 4.78 is 15.7. The van der Waals surface area contributed by atoms with Crippen LogP contribution in [0.25, 0.3) is 11.0 Å². The molecule has 7 heteroatoms. The molecule has 0 aliphatic heterocycles. The van der Waals surface area contributed by atoms with Crippen molar-refractivity contribution in [3.63, 3.8) is 0 Å². The molecule has 3 rings (SSSR count). The van der Waals surface area contributed by atoms with E-state index in [-0.39, 0.29) is 24.1 Å². The van der Waals surface area contributed by atoms with Crippen molar-refractivity contribution in [2.75, 3.05) is 0 Å². The van der Waals surface area contributed by atoms with Crippen molar-refractivity contribution in [1.82, 2.24) is 14.9 Å². The van der Waals surface area contributed by atoms with Crippen LogP contribution in [0.1, 0.15) is 18.7 Å². The van der Waals surface area contributed by atoms with Gasteiger partial charge in [0.1, 0.15) is 18.2 Å².